The number of hydrogen-bond acceptors (Lipinski definition) is 4. The second kappa shape index (κ2) is 5.64. The van der Waals surface area contributed by atoms with E-state index in [1.807, 2.05) is 0 Å². The summed E-state index contributed by atoms with van der Waals surface area (Å²) in [7, 11) is 1.53. The molecule has 1 unspecified atom stereocenters. The van der Waals surface area contributed by atoms with Crippen molar-refractivity contribution in [2.24, 2.45) is 0 Å². The van der Waals surface area contributed by atoms with Crippen LogP contribution >= 0.6 is 23.2 Å². The molecule has 0 aromatic heterocycles. The first kappa shape index (κ1) is 14.3. The summed E-state index contributed by atoms with van der Waals surface area (Å²) >= 11 is 11.9. The predicted molar refractivity (Wildman–Crippen MR) is 79.6 cm³/mol. The van der Waals surface area contributed by atoms with Gasteiger partial charge in [0.1, 0.15) is 6.10 Å². The van der Waals surface area contributed by atoms with Gasteiger partial charge in [0.05, 0.1) is 17.2 Å². The molecule has 2 aromatic carbocycles. The molecule has 1 aliphatic heterocycles. The van der Waals surface area contributed by atoms with Crippen molar-refractivity contribution in [3.63, 3.8) is 0 Å². The molecule has 0 saturated carbocycles. The van der Waals surface area contributed by atoms with Crippen LogP contribution in [0.3, 0.4) is 0 Å². The fraction of sp³-hybridized carbons (Fsp3) is 0.200. The number of hydrogen-bond donors (Lipinski definition) is 1. The van der Waals surface area contributed by atoms with E-state index in [0.29, 0.717) is 38.4 Å². The first-order chi connectivity index (χ1) is 10.1. The van der Waals surface area contributed by atoms with Crippen LogP contribution in [0.1, 0.15) is 17.2 Å². The summed E-state index contributed by atoms with van der Waals surface area (Å²) in [6.45, 7) is 0.137. The molecule has 0 spiro atoms. The van der Waals surface area contributed by atoms with Crippen LogP contribution in [0.25, 0.3) is 0 Å². The van der Waals surface area contributed by atoms with Gasteiger partial charge >= 0.3 is 0 Å². The zero-order valence-corrected chi connectivity index (χ0v) is 12.6. The minimum absolute atomic E-state index is 0.137. The van der Waals surface area contributed by atoms with Gasteiger partial charge in [-0.25, -0.2) is 0 Å². The molecule has 4 nitrogen and oxygen atoms in total. The largest absolute Gasteiger partial charge is 0.493 e. The van der Waals surface area contributed by atoms with Crippen molar-refractivity contribution >= 4 is 23.2 Å². The maximum Gasteiger partial charge on any atom is 0.231 e. The third-order valence-corrected chi connectivity index (χ3v) is 3.99. The van der Waals surface area contributed by atoms with Gasteiger partial charge in [0.25, 0.3) is 0 Å². The number of benzene rings is 2. The Morgan fingerprint density at radius 1 is 1.10 bits per heavy atom. The van der Waals surface area contributed by atoms with Gasteiger partial charge in [-0.1, -0.05) is 29.3 Å². The van der Waals surface area contributed by atoms with E-state index in [4.69, 9.17) is 37.4 Å². The number of fused-ring (bicyclic) bond motifs is 1. The van der Waals surface area contributed by atoms with Gasteiger partial charge in [0.2, 0.25) is 12.5 Å². The van der Waals surface area contributed by atoms with Crippen LogP contribution in [0.5, 0.6) is 17.2 Å². The molecule has 1 atom stereocenters. The quantitative estimate of drug-likeness (QED) is 0.931. The molecule has 1 heterocycles. The second-order valence-electron chi connectivity index (χ2n) is 4.53. The maximum atomic E-state index is 10.5. The van der Waals surface area contributed by atoms with Crippen LogP contribution < -0.4 is 14.2 Å². The lowest BCUT2D eigenvalue weighted by Crippen LogP contribution is -2.00. The first-order valence-electron chi connectivity index (χ1n) is 6.20. The number of rotatable bonds is 3. The maximum absolute atomic E-state index is 10.5. The highest BCUT2D eigenvalue weighted by Crippen LogP contribution is 2.44. The summed E-state index contributed by atoms with van der Waals surface area (Å²) in [6.07, 6.45) is -0.872. The Morgan fingerprint density at radius 3 is 2.62 bits per heavy atom. The SMILES string of the molecule is COc1cc(C(O)c2ccc(Cl)c(Cl)c2)cc2c1OCO2. The van der Waals surface area contributed by atoms with E-state index in [1.54, 1.807) is 30.3 Å². The third-order valence-electron chi connectivity index (χ3n) is 3.26. The van der Waals surface area contributed by atoms with E-state index in [1.165, 1.54) is 7.11 Å². The van der Waals surface area contributed by atoms with E-state index >= 15 is 0 Å². The standard InChI is InChI=1S/C15H12Cl2O4/c1-19-12-5-9(6-13-15(12)21-7-20-13)14(18)8-2-3-10(16)11(17)4-8/h2-6,14,18H,7H2,1H3. The lowest BCUT2D eigenvalue weighted by molar-refractivity contribution is 0.171. The van der Waals surface area contributed by atoms with Crippen LogP contribution in [0.4, 0.5) is 0 Å². The molecule has 21 heavy (non-hydrogen) atoms. The molecule has 0 radical (unpaired) electrons. The average molecular weight is 327 g/mol. The third kappa shape index (κ3) is 2.62. The van der Waals surface area contributed by atoms with E-state index in [-0.39, 0.29) is 6.79 Å². The Balaban J connectivity index is 2.01. The van der Waals surface area contributed by atoms with Gasteiger partial charge in [-0.15, -0.1) is 0 Å². The summed E-state index contributed by atoms with van der Waals surface area (Å²) in [5, 5.41) is 11.3. The predicted octanol–water partition coefficient (Wildman–Crippen LogP) is 3.81. The van der Waals surface area contributed by atoms with E-state index in [2.05, 4.69) is 0 Å². The van der Waals surface area contributed by atoms with Crippen LogP contribution in [0.2, 0.25) is 10.0 Å². The van der Waals surface area contributed by atoms with Crippen molar-refractivity contribution in [1.29, 1.82) is 0 Å². The summed E-state index contributed by atoms with van der Waals surface area (Å²) in [4.78, 5) is 0. The van der Waals surface area contributed by atoms with E-state index < -0.39 is 6.10 Å². The fourth-order valence-corrected chi connectivity index (χ4v) is 2.49. The topological polar surface area (TPSA) is 47.9 Å². The number of halogens is 2. The molecule has 0 amide bonds. The number of ether oxygens (including phenoxy) is 3. The lowest BCUT2D eigenvalue weighted by Gasteiger charge is -2.14. The summed E-state index contributed by atoms with van der Waals surface area (Å²) in [5.41, 5.74) is 1.25. The Hall–Kier alpha value is -1.62. The Labute approximate surface area is 131 Å². The normalized spacial score (nSPS) is 14.1. The molecule has 0 bridgehead atoms. The minimum atomic E-state index is -0.872. The average Bonchev–Trinajstić information content (AvgIpc) is 2.96. The van der Waals surface area contributed by atoms with Gasteiger partial charge in [0, 0.05) is 0 Å². The summed E-state index contributed by atoms with van der Waals surface area (Å²) in [5.74, 6) is 1.60. The van der Waals surface area contributed by atoms with Gasteiger partial charge in [-0.2, -0.15) is 0 Å². The molecular weight excluding hydrogens is 315 g/mol. The Morgan fingerprint density at radius 2 is 1.90 bits per heavy atom. The molecule has 0 saturated heterocycles. The molecule has 2 aromatic rings. The zero-order chi connectivity index (χ0) is 15.0. The lowest BCUT2D eigenvalue weighted by atomic mass is 10.0. The van der Waals surface area contributed by atoms with Crippen molar-refractivity contribution in [1.82, 2.24) is 0 Å². The van der Waals surface area contributed by atoms with E-state index in [9.17, 15) is 5.11 Å². The molecule has 1 aliphatic rings. The smallest absolute Gasteiger partial charge is 0.231 e. The fourth-order valence-electron chi connectivity index (χ4n) is 2.18. The van der Waals surface area contributed by atoms with Crippen molar-refractivity contribution in [3.05, 3.63) is 51.5 Å². The van der Waals surface area contributed by atoms with Gasteiger partial charge < -0.3 is 19.3 Å². The van der Waals surface area contributed by atoms with Crippen LogP contribution in [-0.4, -0.2) is 19.0 Å². The Bertz CT molecular complexity index is 688. The molecule has 1 N–H and O–H groups in total. The molecule has 0 aliphatic carbocycles. The summed E-state index contributed by atoms with van der Waals surface area (Å²) < 4.78 is 15.9. The highest BCUT2D eigenvalue weighted by atomic mass is 35.5. The molecule has 110 valence electrons. The van der Waals surface area contributed by atoms with Crippen LogP contribution in [0.15, 0.2) is 30.3 Å². The highest BCUT2D eigenvalue weighted by molar-refractivity contribution is 6.42. The van der Waals surface area contributed by atoms with Crippen molar-refractivity contribution in [3.8, 4) is 17.2 Å². The van der Waals surface area contributed by atoms with Gasteiger partial charge in [-0.3, -0.25) is 0 Å². The van der Waals surface area contributed by atoms with Crippen molar-refractivity contribution in [2.75, 3.05) is 13.9 Å². The number of aliphatic hydroxyl groups excluding tert-OH is 1. The Kier molecular flexibility index (Phi) is 3.85. The number of methoxy groups -OCH3 is 1. The first-order valence-corrected chi connectivity index (χ1v) is 6.96. The van der Waals surface area contributed by atoms with Crippen LogP contribution in [0, 0.1) is 0 Å². The number of aliphatic hydroxyl groups is 1. The zero-order valence-electron chi connectivity index (χ0n) is 11.1. The summed E-state index contributed by atoms with van der Waals surface area (Å²) in [6, 6.07) is 8.42. The molecule has 0 fully saturated rings. The van der Waals surface area contributed by atoms with Crippen LogP contribution in [-0.2, 0) is 0 Å². The van der Waals surface area contributed by atoms with Gasteiger partial charge in [-0.05, 0) is 35.4 Å². The van der Waals surface area contributed by atoms with Crippen molar-refractivity contribution in [2.45, 2.75) is 6.10 Å². The van der Waals surface area contributed by atoms with E-state index in [0.717, 1.165) is 0 Å². The highest BCUT2D eigenvalue weighted by Gasteiger charge is 2.23. The second-order valence-corrected chi connectivity index (χ2v) is 5.35. The van der Waals surface area contributed by atoms with Crippen molar-refractivity contribution < 1.29 is 19.3 Å². The molecular formula is C15H12Cl2O4. The molecule has 6 heteroatoms. The minimum Gasteiger partial charge on any atom is -0.493 e. The van der Waals surface area contributed by atoms with Gasteiger partial charge in [0.15, 0.2) is 11.5 Å². The monoisotopic (exact) mass is 326 g/mol. The molecule has 3 rings (SSSR count).